The van der Waals surface area contributed by atoms with Gasteiger partial charge in [0.15, 0.2) is 5.82 Å². The summed E-state index contributed by atoms with van der Waals surface area (Å²) in [5, 5.41) is 0. The van der Waals surface area contributed by atoms with E-state index in [9.17, 15) is 17.6 Å². The molecule has 0 aliphatic carbocycles. The number of alkyl halides is 2. The molecule has 0 aliphatic heterocycles. The van der Waals surface area contributed by atoms with E-state index in [0.29, 0.717) is 6.07 Å². The summed E-state index contributed by atoms with van der Waals surface area (Å²) in [5.74, 6) is -3.33. The molecule has 0 atom stereocenters. The number of ether oxygens (including phenoxy) is 1. The summed E-state index contributed by atoms with van der Waals surface area (Å²) in [4.78, 5) is 2.77. The van der Waals surface area contributed by atoms with Gasteiger partial charge in [-0.3, -0.25) is 0 Å². The van der Waals surface area contributed by atoms with Crippen LogP contribution in [0.15, 0.2) is 12.1 Å². The molecule has 0 saturated carbocycles. The molecule has 0 unspecified atom stereocenters. The number of halogens is 4. The van der Waals surface area contributed by atoms with Crippen molar-refractivity contribution < 1.29 is 22.3 Å². The molecule has 0 N–H and O–H groups in total. The molecule has 0 bridgehead atoms. The Morgan fingerprint density at radius 1 is 1.25 bits per heavy atom. The Kier molecular flexibility index (Phi) is 2.47. The molecule has 1 rings (SSSR count). The second-order valence-corrected chi connectivity index (χ2v) is 1.80. The molecule has 0 aliphatic rings. The van der Waals surface area contributed by atoms with E-state index in [2.05, 4.69) is 9.72 Å². The maximum Gasteiger partial charge on any atom is 0.388 e. The van der Waals surface area contributed by atoms with Gasteiger partial charge in [0, 0.05) is 6.07 Å². The summed E-state index contributed by atoms with van der Waals surface area (Å²) in [7, 11) is 0. The van der Waals surface area contributed by atoms with Crippen LogP contribution in [0.4, 0.5) is 17.6 Å². The van der Waals surface area contributed by atoms with Gasteiger partial charge in [-0.15, -0.1) is 0 Å². The first-order chi connectivity index (χ1) is 5.59. The highest BCUT2D eigenvalue weighted by Crippen LogP contribution is 2.12. The Morgan fingerprint density at radius 3 is 2.42 bits per heavy atom. The third-order valence-electron chi connectivity index (χ3n) is 0.987. The molecule has 0 spiro atoms. The van der Waals surface area contributed by atoms with Gasteiger partial charge in [-0.25, -0.2) is 4.39 Å². The van der Waals surface area contributed by atoms with Gasteiger partial charge in [0.2, 0.25) is 5.88 Å². The quantitative estimate of drug-likeness (QED) is 0.514. The smallest absolute Gasteiger partial charge is 0.388 e. The largest absolute Gasteiger partial charge is 0.417 e. The van der Waals surface area contributed by atoms with Gasteiger partial charge >= 0.3 is 6.61 Å². The molecule has 66 valence electrons. The fourth-order valence-corrected chi connectivity index (χ4v) is 0.558. The van der Waals surface area contributed by atoms with Gasteiger partial charge < -0.3 is 4.74 Å². The first-order valence-electron chi connectivity index (χ1n) is 2.86. The minimum atomic E-state index is -3.10. The Hall–Kier alpha value is -1.33. The van der Waals surface area contributed by atoms with Gasteiger partial charge in [-0.05, 0) is 6.07 Å². The average molecular weight is 181 g/mol. The van der Waals surface area contributed by atoms with Crippen LogP contribution in [0.25, 0.3) is 0 Å². The monoisotopic (exact) mass is 181 g/mol. The number of aromatic nitrogens is 1. The normalized spacial score (nSPS) is 10.4. The molecule has 0 fully saturated rings. The Labute approximate surface area is 64.8 Å². The van der Waals surface area contributed by atoms with Crippen molar-refractivity contribution in [2.24, 2.45) is 0 Å². The van der Waals surface area contributed by atoms with E-state index in [0.717, 1.165) is 6.07 Å². The standard InChI is InChI=1S/C6H3F4NO/c7-3-1-2-4(11-5(3)8)12-6(9)10/h1-2,6H. The SMILES string of the molecule is Fc1ccc(OC(F)F)nc1F. The van der Waals surface area contributed by atoms with E-state index in [1.165, 1.54) is 0 Å². The van der Waals surface area contributed by atoms with Crippen LogP contribution in [-0.2, 0) is 0 Å². The molecule has 1 heterocycles. The van der Waals surface area contributed by atoms with Crippen LogP contribution >= 0.6 is 0 Å². The van der Waals surface area contributed by atoms with Crippen LogP contribution in [0.2, 0.25) is 0 Å². The van der Waals surface area contributed by atoms with Crippen LogP contribution in [0.1, 0.15) is 0 Å². The number of hydrogen-bond donors (Lipinski definition) is 0. The van der Waals surface area contributed by atoms with Crippen LogP contribution in [-0.4, -0.2) is 11.6 Å². The predicted molar refractivity (Wildman–Crippen MR) is 30.8 cm³/mol. The fraction of sp³-hybridized carbons (Fsp3) is 0.167. The lowest BCUT2D eigenvalue weighted by Crippen LogP contribution is -2.04. The maximum atomic E-state index is 12.2. The molecule has 6 heteroatoms. The molecule has 1 aromatic heterocycles. The maximum absolute atomic E-state index is 12.2. The molecule has 1 aromatic rings. The zero-order valence-corrected chi connectivity index (χ0v) is 5.60. The number of hydrogen-bond acceptors (Lipinski definition) is 2. The lowest BCUT2D eigenvalue weighted by atomic mass is 10.4. The van der Waals surface area contributed by atoms with Crippen molar-refractivity contribution in [2.45, 2.75) is 6.61 Å². The van der Waals surface area contributed by atoms with Crippen molar-refractivity contribution in [1.29, 1.82) is 0 Å². The lowest BCUT2D eigenvalue weighted by Gasteiger charge is -2.01. The van der Waals surface area contributed by atoms with E-state index in [1.54, 1.807) is 0 Å². The van der Waals surface area contributed by atoms with Gasteiger partial charge in [0.05, 0.1) is 0 Å². The second-order valence-electron chi connectivity index (χ2n) is 1.80. The molecule has 0 radical (unpaired) electrons. The highest BCUT2D eigenvalue weighted by atomic mass is 19.3. The Bertz CT molecular complexity index is 278. The van der Waals surface area contributed by atoms with Crippen LogP contribution < -0.4 is 4.74 Å². The number of rotatable bonds is 2. The third kappa shape index (κ3) is 2.08. The summed E-state index contributed by atoms with van der Waals surface area (Å²) < 4.78 is 51.0. The van der Waals surface area contributed by atoms with Crippen LogP contribution in [0.3, 0.4) is 0 Å². The molecule has 0 amide bonds. The minimum Gasteiger partial charge on any atom is -0.417 e. The summed E-state index contributed by atoms with van der Waals surface area (Å²) in [6.45, 7) is -3.10. The van der Waals surface area contributed by atoms with Crippen molar-refractivity contribution in [3.8, 4) is 5.88 Å². The summed E-state index contributed by atoms with van der Waals surface area (Å²) >= 11 is 0. The van der Waals surface area contributed by atoms with Crippen molar-refractivity contribution in [2.75, 3.05) is 0 Å². The average Bonchev–Trinajstić information content (AvgIpc) is 1.96. The van der Waals surface area contributed by atoms with E-state index >= 15 is 0 Å². The molecular weight excluding hydrogens is 178 g/mol. The molecule has 2 nitrogen and oxygen atoms in total. The number of pyridine rings is 1. The topological polar surface area (TPSA) is 22.1 Å². The third-order valence-corrected chi connectivity index (χ3v) is 0.987. The predicted octanol–water partition coefficient (Wildman–Crippen LogP) is 1.96. The van der Waals surface area contributed by atoms with Crippen LogP contribution in [0, 0.1) is 11.8 Å². The van der Waals surface area contributed by atoms with Gasteiger partial charge in [0.25, 0.3) is 5.95 Å². The summed E-state index contributed by atoms with van der Waals surface area (Å²) in [6.07, 6.45) is 0. The molecule has 0 aromatic carbocycles. The fourth-order valence-electron chi connectivity index (χ4n) is 0.558. The lowest BCUT2D eigenvalue weighted by molar-refractivity contribution is -0.0533. The first kappa shape index (κ1) is 8.76. The van der Waals surface area contributed by atoms with Crippen molar-refractivity contribution in [3.63, 3.8) is 0 Å². The minimum absolute atomic E-state index is 0.649. The highest BCUT2D eigenvalue weighted by molar-refractivity contribution is 5.11. The van der Waals surface area contributed by atoms with Crippen LogP contribution in [0.5, 0.6) is 5.88 Å². The van der Waals surface area contributed by atoms with Crippen molar-refractivity contribution >= 4 is 0 Å². The summed E-state index contributed by atoms with van der Waals surface area (Å²) in [6, 6.07) is 1.46. The highest BCUT2D eigenvalue weighted by Gasteiger charge is 2.08. The van der Waals surface area contributed by atoms with Gasteiger partial charge in [0.1, 0.15) is 0 Å². The van der Waals surface area contributed by atoms with Crippen molar-refractivity contribution in [3.05, 3.63) is 23.9 Å². The molecular formula is C6H3F4NO. The van der Waals surface area contributed by atoms with Gasteiger partial charge in [-0.2, -0.15) is 18.2 Å². The molecule has 12 heavy (non-hydrogen) atoms. The van der Waals surface area contributed by atoms with E-state index < -0.39 is 24.3 Å². The van der Waals surface area contributed by atoms with Crippen molar-refractivity contribution in [1.82, 2.24) is 4.98 Å². The molecule has 0 saturated heterocycles. The Balaban J connectivity index is 2.82. The van der Waals surface area contributed by atoms with E-state index in [-0.39, 0.29) is 0 Å². The van der Waals surface area contributed by atoms with E-state index in [4.69, 9.17) is 0 Å². The zero-order chi connectivity index (χ0) is 9.14. The van der Waals surface area contributed by atoms with Gasteiger partial charge in [-0.1, -0.05) is 0 Å². The van der Waals surface area contributed by atoms with E-state index in [1.807, 2.05) is 0 Å². The number of nitrogens with zero attached hydrogens (tertiary/aromatic N) is 1. The first-order valence-corrected chi connectivity index (χ1v) is 2.86. The second kappa shape index (κ2) is 3.38. The zero-order valence-electron chi connectivity index (χ0n) is 5.60. The Morgan fingerprint density at radius 2 is 1.92 bits per heavy atom. The summed E-state index contributed by atoms with van der Waals surface area (Å²) in [5.41, 5.74) is 0.